The van der Waals surface area contributed by atoms with Crippen molar-refractivity contribution in [3.8, 4) is 5.75 Å². The Morgan fingerprint density at radius 1 is 1.25 bits per heavy atom. The zero-order chi connectivity index (χ0) is 20.2. The van der Waals surface area contributed by atoms with Crippen molar-refractivity contribution in [3.05, 3.63) is 39.8 Å². The monoisotopic (exact) mass is 401 g/mol. The molecule has 3 amide bonds. The number of benzene rings is 1. The van der Waals surface area contributed by atoms with Crippen LogP contribution in [0.5, 0.6) is 5.75 Å². The molecule has 0 bridgehead atoms. The van der Waals surface area contributed by atoms with Gasteiger partial charge in [0.05, 0.1) is 23.7 Å². The summed E-state index contributed by atoms with van der Waals surface area (Å²) in [5.74, 6) is -3.48. The van der Waals surface area contributed by atoms with Gasteiger partial charge >= 0.3 is 5.97 Å². The number of amides is 3. The summed E-state index contributed by atoms with van der Waals surface area (Å²) < 4.78 is 0. The number of rotatable bonds is 4. The van der Waals surface area contributed by atoms with Crippen LogP contribution in [0, 0.1) is 6.92 Å². The summed E-state index contributed by atoms with van der Waals surface area (Å²) in [6, 6.07) is 3.93. The normalized spacial score (nSPS) is 21.1. The van der Waals surface area contributed by atoms with Crippen molar-refractivity contribution in [1.29, 1.82) is 0 Å². The van der Waals surface area contributed by atoms with Gasteiger partial charge in [-0.05, 0) is 25.1 Å². The minimum Gasteiger partial charge on any atom is -0.508 e. The highest BCUT2D eigenvalue weighted by atomic mass is 32.1. The maximum absolute atomic E-state index is 13.3. The summed E-state index contributed by atoms with van der Waals surface area (Å²) in [5, 5.41) is 21.6. The van der Waals surface area contributed by atoms with Crippen molar-refractivity contribution < 1.29 is 29.4 Å². The van der Waals surface area contributed by atoms with Crippen molar-refractivity contribution in [2.24, 2.45) is 0 Å². The minimum absolute atomic E-state index is 0.0654. The quantitative estimate of drug-likeness (QED) is 0.572. The molecule has 2 aliphatic rings. The molecule has 1 fully saturated rings. The van der Waals surface area contributed by atoms with E-state index in [-0.39, 0.29) is 23.5 Å². The van der Waals surface area contributed by atoms with Gasteiger partial charge in [0.2, 0.25) is 17.7 Å². The highest BCUT2D eigenvalue weighted by molar-refractivity contribution is 7.09. The molecule has 1 atom stereocenters. The number of anilines is 1. The third kappa shape index (κ3) is 2.48. The number of thiazole rings is 1. The van der Waals surface area contributed by atoms with Crippen LogP contribution in [-0.2, 0) is 31.1 Å². The van der Waals surface area contributed by atoms with Gasteiger partial charge in [0.1, 0.15) is 12.3 Å². The van der Waals surface area contributed by atoms with E-state index in [1.807, 2.05) is 0 Å². The Balaban J connectivity index is 1.79. The molecule has 1 aromatic carbocycles. The van der Waals surface area contributed by atoms with E-state index < -0.39 is 42.1 Å². The second-order valence-corrected chi connectivity index (χ2v) is 7.77. The number of aliphatic carboxylic acids is 1. The lowest BCUT2D eigenvalue weighted by molar-refractivity contribution is -0.143. The number of carboxylic acid groups (broad SMARTS) is 1. The van der Waals surface area contributed by atoms with E-state index in [9.17, 15) is 24.3 Å². The van der Waals surface area contributed by atoms with Crippen LogP contribution >= 0.6 is 11.3 Å². The number of hydrogen-bond acceptors (Lipinski definition) is 7. The molecule has 1 unspecified atom stereocenters. The number of aryl methyl sites for hydroxylation is 1. The molecular weight excluding hydrogens is 386 g/mol. The van der Waals surface area contributed by atoms with E-state index in [0.29, 0.717) is 5.69 Å². The first-order chi connectivity index (χ1) is 13.2. The molecule has 1 aromatic heterocycles. The zero-order valence-corrected chi connectivity index (χ0v) is 15.5. The molecule has 144 valence electrons. The maximum Gasteiger partial charge on any atom is 0.323 e. The summed E-state index contributed by atoms with van der Waals surface area (Å²) in [4.78, 5) is 56.5. The van der Waals surface area contributed by atoms with Gasteiger partial charge in [0.25, 0.3) is 0 Å². The Hall–Kier alpha value is -3.27. The van der Waals surface area contributed by atoms with Crippen molar-refractivity contribution in [1.82, 2.24) is 9.88 Å². The molecule has 2 N–H and O–H groups in total. The van der Waals surface area contributed by atoms with Crippen LogP contribution < -0.4 is 4.90 Å². The number of carbonyl (C=O) groups excluding carboxylic acids is 3. The van der Waals surface area contributed by atoms with E-state index in [1.165, 1.54) is 29.5 Å². The van der Waals surface area contributed by atoms with Crippen molar-refractivity contribution >= 4 is 40.7 Å². The van der Waals surface area contributed by atoms with Crippen LogP contribution in [0.25, 0.3) is 0 Å². The lowest BCUT2D eigenvalue weighted by Crippen LogP contribution is -2.47. The van der Waals surface area contributed by atoms with Gasteiger partial charge in [0.15, 0.2) is 5.41 Å². The van der Waals surface area contributed by atoms with Crippen LogP contribution in [0.15, 0.2) is 23.6 Å². The standard InChI is InChI=1S/C18H15N3O6S/c1-9-19-10(8-28-9)6-21-14(23)5-18(17(21)27)12-4-11(22)2-3-13(12)20(16(18)26)7-15(24)25/h2-4,8,22H,5-7H2,1H3,(H,24,25). The number of phenolic OH excluding ortho intramolecular Hbond substituents is 1. The average Bonchev–Trinajstić information content (AvgIpc) is 3.22. The first-order valence-electron chi connectivity index (χ1n) is 8.37. The number of carboxylic acids is 1. The number of carbonyl (C=O) groups is 4. The van der Waals surface area contributed by atoms with Gasteiger partial charge in [-0.25, -0.2) is 4.98 Å². The molecule has 4 rings (SSSR count). The SMILES string of the molecule is Cc1nc(CN2C(=O)CC3(C2=O)C(=O)N(CC(=O)O)c2ccc(O)cc23)cs1. The molecule has 3 heterocycles. The molecular formula is C18H15N3O6S. The van der Waals surface area contributed by atoms with Crippen LogP contribution in [0.2, 0.25) is 0 Å². The summed E-state index contributed by atoms with van der Waals surface area (Å²) in [6.45, 7) is 1.09. The number of imide groups is 1. The predicted octanol–water partition coefficient (Wildman–Crippen LogP) is 0.785. The van der Waals surface area contributed by atoms with E-state index in [1.54, 1.807) is 12.3 Å². The fourth-order valence-corrected chi connectivity index (χ4v) is 4.37. The molecule has 10 heteroatoms. The second-order valence-electron chi connectivity index (χ2n) is 6.71. The number of nitrogens with zero attached hydrogens (tertiary/aromatic N) is 3. The lowest BCUT2D eigenvalue weighted by Gasteiger charge is -2.21. The van der Waals surface area contributed by atoms with Gasteiger partial charge in [-0.1, -0.05) is 0 Å². The number of fused-ring (bicyclic) bond motifs is 2. The number of aromatic hydroxyl groups is 1. The van der Waals surface area contributed by atoms with E-state index >= 15 is 0 Å². The summed E-state index contributed by atoms with van der Waals surface area (Å²) in [7, 11) is 0. The zero-order valence-electron chi connectivity index (χ0n) is 14.7. The molecule has 2 aromatic rings. The molecule has 0 radical (unpaired) electrons. The topological polar surface area (TPSA) is 128 Å². The third-order valence-corrected chi connectivity index (χ3v) is 5.77. The van der Waals surface area contributed by atoms with E-state index in [4.69, 9.17) is 5.11 Å². The number of phenols is 1. The highest BCUT2D eigenvalue weighted by Gasteiger charge is 2.64. The van der Waals surface area contributed by atoms with Gasteiger partial charge in [-0.2, -0.15) is 0 Å². The molecule has 2 aliphatic heterocycles. The summed E-state index contributed by atoms with van der Waals surface area (Å²) in [5.41, 5.74) is -0.969. The predicted molar refractivity (Wildman–Crippen MR) is 96.8 cm³/mol. The molecule has 28 heavy (non-hydrogen) atoms. The maximum atomic E-state index is 13.3. The lowest BCUT2D eigenvalue weighted by atomic mass is 9.80. The number of aromatic nitrogens is 1. The van der Waals surface area contributed by atoms with Crippen LogP contribution in [0.4, 0.5) is 5.69 Å². The van der Waals surface area contributed by atoms with Crippen LogP contribution in [0.1, 0.15) is 22.7 Å². The van der Waals surface area contributed by atoms with Crippen molar-refractivity contribution in [2.45, 2.75) is 25.3 Å². The summed E-state index contributed by atoms with van der Waals surface area (Å²) >= 11 is 1.38. The smallest absolute Gasteiger partial charge is 0.323 e. The van der Waals surface area contributed by atoms with Gasteiger partial charge < -0.3 is 10.2 Å². The van der Waals surface area contributed by atoms with Gasteiger partial charge in [-0.15, -0.1) is 11.3 Å². The van der Waals surface area contributed by atoms with Crippen molar-refractivity contribution in [2.75, 3.05) is 11.4 Å². The van der Waals surface area contributed by atoms with E-state index in [2.05, 4.69) is 4.98 Å². The third-order valence-electron chi connectivity index (χ3n) is 4.95. The largest absolute Gasteiger partial charge is 0.508 e. The Morgan fingerprint density at radius 2 is 1.96 bits per heavy atom. The van der Waals surface area contributed by atoms with Crippen LogP contribution in [0.3, 0.4) is 0 Å². The Morgan fingerprint density at radius 3 is 2.61 bits per heavy atom. The molecule has 0 aliphatic carbocycles. The summed E-state index contributed by atoms with van der Waals surface area (Å²) in [6.07, 6.45) is -0.416. The number of likely N-dealkylation sites (tertiary alicyclic amines) is 1. The molecule has 1 spiro atoms. The highest BCUT2D eigenvalue weighted by Crippen LogP contribution is 2.49. The Kier molecular flexibility index (Phi) is 3.96. The second kappa shape index (κ2) is 6.13. The van der Waals surface area contributed by atoms with E-state index in [0.717, 1.165) is 14.8 Å². The average molecular weight is 401 g/mol. The fraction of sp³-hybridized carbons (Fsp3) is 0.278. The molecule has 0 saturated carbocycles. The number of hydrogen-bond donors (Lipinski definition) is 2. The Bertz CT molecular complexity index is 1050. The van der Waals surface area contributed by atoms with Gasteiger partial charge in [-0.3, -0.25) is 29.0 Å². The molecule has 1 saturated heterocycles. The Labute approximate surface area is 162 Å². The first kappa shape index (κ1) is 18.1. The molecule has 9 nitrogen and oxygen atoms in total. The minimum atomic E-state index is -1.86. The van der Waals surface area contributed by atoms with Crippen LogP contribution in [-0.4, -0.2) is 50.3 Å². The van der Waals surface area contributed by atoms with Gasteiger partial charge in [0, 0.05) is 16.6 Å². The first-order valence-corrected chi connectivity index (χ1v) is 9.25. The van der Waals surface area contributed by atoms with Crippen molar-refractivity contribution in [3.63, 3.8) is 0 Å². The fourth-order valence-electron chi connectivity index (χ4n) is 3.77.